The lowest BCUT2D eigenvalue weighted by molar-refractivity contribution is -0.386. The van der Waals surface area contributed by atoms with Gasteiger partial charge in [0, 0.05) is 6.07 Å². The summed E-state index contributed by atoms with van der Waals surface area (Å²) in [6.45, 7) is 3.96. The second-order valence-corrected chi connectivity index (χ2v) is 3.84. The number of halogens is 1. The lowest BCUT2D eigenvalue weighted by atomic mass is 10.1. The topological polar surface area (TPSA) is 56.0 Å². The Kier molecular flexibility index (Phi) is 3.41. The van der Waals surface area contributed by atoms with Crippen LogP contribution in [0.5, 0.6) is 0 Å². The third-order valence-electron chi connectivity index (χ3n) is 1.71. The van der Waals surface area contributed by atoms with Gasteiger partial charge in [-0.05, 0) is 18.4 Å². The Balaban J connectivity index is 3.09. The van der Waals surface area contributed by atoms with E-state index in [1.165, 1.54) is 12.1 Å². The number of nitrogens with zero attached hydrogens (tertiary/aromatic N) is 2. The van der Waals surface area contributed by atoms with Crippen molar-refractivity contribution in [2.75, 3.05) is 0 Å². The largest absolute Gasteiger partial charge is 0.290 e. The van der Waals surface area contributed by atoms with E-state index in [9.17, 15) is 10.1 Å². The minimum atomic E-state index is -0.430. The molecule has 0 aliphatic rings. The highest BCUT2D eigenvalue weighted by Crippen LogP contribution is 2.21. The zero-order chi connectivity index (χ0) is 10.7. The molecule has 0 fully saturated rings. The monoisotopic (exact) mass is 214 g/mol. The third kappa shape index (κ3) is 2.67. The first-order valence-corrected chi connectivity index (χ1v) is 4.68. The second kappa shape index (κ2) is 4.37. The van der Waals surface area contributed by atoms with Gasteiger partial charge in [-0.15, -0.1) is 0 Å². The molecule has 0 N–H and O–H groups in total. The van der Waals surface area contributed by atoms with Gasteiger partial charge in [0.2, 0.25) is 0 Å². The van der Waals surface area contributed by atoms with Crippen molar-refractivity contribution in [3.8, 4) is 0 Å². The zero-order valence-corrected chi connectivity index (χ0v) is 8.78. The Morgan fingerprint density at radius 3 is 2.71 bits per heavy atom. The number of nitro groups is 1. The molecule has 0 aliphatic heterocycles. The van der Waals surface area contributed by atoms with Crippen molar-refractivity contribution >= 4 is 17.3 Å². The molecule has 0 aliphatic carbocycles. The molecule has 0 saturated carbocycles. The lowest BCUT2D eigenvalue weighted by Crippen LogP contribution is -2.02. The predicted octanol–water partition coefficient (Wildman–Crippen LogP) is 2.84. The van der Waals surface area contributed by atoms with Crippen molar-refractivity contribution in [1.29, 1.82) is 0 Å². The highest BCUT2D eigenvalue weighted by Gasteiger charge is 2.16. The summed E-state index contributed by atoms with van der Waals surface area (Å²) in [6, 6.07) is 2.83. The standard InChI is InChI=1S/C9H11ClN2O2/c1-6(2)5-7-8(12(13)14)3-4-9(10)11-7/h3-4,6H,5H2,1-2H3. The SMILES string of the molecule is CC(C)Cc1nc(Cl)ccc1[N+](=O)[O-]. The molecular weight excluding hydrogens is 204 g/mol. The summed E-state index contributed by atoms with van der Waals surface area (Å²) in [6.07, 6.45) is 0.566. The Morgan fingerprint density at radius 1 is 1.57 bits per heavy atom. The van der Waals surface area contributed by atoms with E-state index in [2.05, 4.69) is 4.98 Å². The Labute approximate surface area is 87.1 Å². The minimum Gasteiger partial charge on any atom is -0.258 e. The van der Waals surface area contributed by atoms with Crippen LogP contribution < -0.4 is 0 Å². The van der Waals surface area contributed by atoms with Gasteiger partial charge in [0.25, 0.3) is 5.69 Å². The van der Waals surface area contributed by atoms with E-state index in [-0.39, 0.29) is 5.69 Å². The summed E-state index contributed by atoms with van der Waals surface area (Å²) in [5.41, 5.74) is 0.501. The number of rotatable bonds is 3. The Hall–Kier alpha value is -1.16. The van der Waals surface area contributed by atoms with Gasteiger partial charge in [-0.2, -0.15) is 0 Å². The fourth-order valence-corrected chi connectivity index (χ4v) is 1.34. The van der Waals surface area contributed by atoms with Crippen molar-refractivity contribution < 1.29 is 4.92 Å². The van der Waals surface area contributed by atoms with Crippen LogP contribution in [0.2, 0.25) is 5.15 Å². The average Bonchev–Trinajstić information content (AvgIpc) is 2.01. The zero-order valence-electron chi connectivity index (χ0n) is 8.03. The minimum absolute atomic E-state index is 0.0445. The van der Waals surface area contributed by atoms with Crippen LogP contribution in [-0.2, 0) is 6.42 Å². The summed E-state index contributed by atoms with van der Waals surface area (Å²) in [5.74, 6) is 0.319. The highest BCUT2D eigenvalue weighted by molar-refractivity contribution is 6.29. The molecular formula is C9H11ClN2O2. The lowest BCUT2D eigenvalue weighted by Gasteiger charge is -2.04. The number of pyridine rings is 1. The van der Waals surface area contributed by atoms with Crippen LogP contribution in [0.15, 0.2) is 12.1 Å². The predicted molar refractivity (Wildman–Crippen MR) is 54.4 cm³/mol. The molecule has 1 heterocycles. The molecule has 0 bridgehead atoms. The van der Waals surface area contributed by atoms with Gasteiger partial charge in [0.1, 0.15) is 10.8 Å². The quantitative estimate of drug-likeness (QED) is 0.442. The molecule has 5 heteroatoms. The van der Waals surface area contributed by atoms with Crippen LogP contribution in [0.4, 0.5) is 5.69 Å². The molecule has 0 aromatic carbocycles. The van der Waals surface area contributed by atoms with E-state index >= 15 is 0 Å². The van der Waals surface area contributed by atoms with E-state index in [0.29, 0.717) is 23.2 Å². The van der Waals surface area contributed by atoms with Gasteiger partial charge < -0.3 is 0 Å². The fourth-order valence-electron chi connectivity index (χ4n) is 1.17. The maximum absolute atomic E-state index is 10.6. The maximum Gasteiger partial charge on any atom is 0.290 e. The first-order chi connectivity index (χ1) is 6.50. The van der Waals surface area contributed by atoms with E-state index < -0.39 is 4.92 Å². The number of aromatic nitrogens is 1. The normalized spacial score (nSPS) is 10.6. The van der Waals surface area contributed by atoms with Crippen LogP contribution in [-0.4, -0.2) is 9.91 Å². The maximum atomic E-state index is 10.6. The third-order valence-corrected chi connectivity index (χ3v) is 1.92. The van der Waals surface area contributed by atoms with Crippen molar-refractivity contribution in [2.45, 2.75) is 20.3 Å². The second-order valence-electron chi connectivity index (χ2n) is 3.45. The molecule has 1 rings (SSSR count). The van der Waals surface area contributed by atoms with Crippen molar-refractivity contribution in [1.82, 2.24) is 4.98 Å². The molecule has 0 amide bonds. The number of hydrogen-bond acceptors (Lipinski definition) is 3. The molecule has 0 atom stereocenters. The van der Waals surface area contributed by atoms with Crippen LogP contribution in [0, 0.1) is 16.0 Å². The van der Waals surface area contributed by atoms with E-state index in [4.69, 9.17) is 11.6 Å². The summed E-state index contributed by atoms with van der Waals surface area (Å²) in [7, 11) is 0. The molecule has 14 heavy (non-hydrogen) atoms. The van der Waals surface area contributed by atoms with Crippen molar-refractivity contribution in [2.24, 2.45) is 5.92 Å². The first kappa shape index (κ1) is 10.9. The molecule has 1 aromatic heterocycles. The van der Waals surface area contributed by atoms with Crippen molar-refractivity contribution in [3.05, 3.63) is 33.1 Å². The molecule has 1 aromatic rings. The fraction of sp³-hybridized carbons (Fsp3) is 0.444. The molecule has 76 valence electrons. The van der Waals surface area contributed by atoms with Gasteiger partial charge in [-0.1, -0.05) is 25.4 Å². The van der Waals surface area contributed by atoms with Crippen LogP contribution in [0.25, 0.3) is 0 Å². The molecule has 0 saturated heterocycles. The summed E-state index contributed by atoms with van der Waals surface area (Å²) in [4.78, 5) is 14.2. The smallest absolute Gasteiger partial charge is 0.258 e. The summed E-state index contributed by atoms with van der Waals surface area (Å²) >= 11 is 5.67. The van der Waals surface area contributed by atoms with E-state index in [1.54, 1.807) is 0 Å². The Bertz CT molecular complexity index is 353. The van der Waals surface area contributed by atoms with Crippen molar-refractivity contribution in [3.63, 3.8) is 0 Å². The van der Waals surface area contributed by atoms with E-state index in [0.717, 1.165) is 0 Å². The molecule has 0 unspecified atom stereocenters. The van der Waals surface area contributed by atoms with Gasteiger partial charge >= 0.3 is 0 Å². The summed E-state index contributed by atoms with van der Waals surface area (Å²) in [5, 5.41) is 10.9. The molecule has 0 spiro atoms. The summed E-state index contributed by atoms with van der Waals surface area (Å²) < 4.78 is 0. The molecule has 4 nitrogen and oxygen atoms in total. The first-order valence-electron chi connectivity index (χ1n) is 4.30. The average molecular weight is 215 g/mol. The number of hydrogen-bond donors (Lipinski definition) is 0. The van der Waals surface area contributed by atoms with E-state index in [1.807, 2.05) is 13.8 Å². The van der Waals surface area contributed by atoms with Gasteiger partial charge in [-0.25, -0.2) is 4.98 Å². The Morgan fingerprint density at radius 2 is 2.21 bits per heavy atom. The van der Waals surface area contributed by atoms with Gasteiger partial charge in [0.15, 0.2) is 0 Å². The molecule has 0 radical (unpaired) electrons. The highest BCUT2D eigenvalue weighted by atomic mass is 35.5. The van der Waals surface area contributed by atoms with Gasteiger partial charge in [-0.3, -0.25) is 10.1 Å². The van der Waals surface area contributed by atoms with Crippen LogP contribution in [0.1, 0.15) is 19.5 Å². The van der Waals surface area contributed by atoms with Crippen LogP contribution >= 0.6 is 11.6 Å². The van der Waals surface area contributed by atoms with Crippen LogP contribution in [0.3, 0.4) is 0 Å². The van der Waals surface area contributed by atoms with Gasteiger partial charge in [0.05, 0.1) is 4.92 Å².